The number of benzene rings is 1. The second-order valence-corrected chi connectivity index (χ2v) is 5.62. The molecule has 2 rings (SSSR count). The van der Waals surface area contributed by atoms with Crippen LogP contribution in [0.2, 0.25) is 0 Å². The van der Waals surface area contributed by atoms with Gasteiger partial charge < -0.3 is 15.4 Å². The lowest BCUT2D eigenvalue weighted by Gasteiger charge is -2.28. The van der Waals surface area contributed by atoms with Crippen LogP contribution < -0.4 is 5.73 Å². The molecule has 1 aliphatic rings. The summed E-state index contributed by atoms with van der Waals surface area (Å²) in [4.78, 5) is 14.2. The minimum atomic E-state index is -0.288. The Balaban J connectivity index is 0.00000242. The summed E-state index contributed by atoms with van der Waals surface area (Å²) in [7, 11) is 0. The number of halogens is 2. The van der Waals surface area contributed by atoms with Crippen molar-refractivity contribution in [3.8, 4) is 0 Å². The van der Waals surface area contributed by atoms with Gasteiger partial charge in [-0.2, -0.15) is 0 Å². The Kier molecular flexibility index (Phi) is 7.79. The van der Waals surface area contributed by atoms with Gasteiger partial charge >= 0.3 is 0 Å². The molecule has 2 unspecified atom stereocenters. The van der Waals surface area contributed by atoms with Crippen molar-refractivity contribution in [1.29, 1.82) is 0 Å². The molecule has 1 aliphatic heterocycles. The van der Waals surface area contributed by atoms with Gasteiger partial charge in [0.1, 0.15) is 5.82 Å². The second-order valence-electron chi connectivity index (χ2n) is 5.62. The molecule has 1 fully saturated rings. The highest BCUT2D eigenvalue weighted by Gasteiger charge is 2.25. The van der Waals surface area contributed by atoms with Gasteiger partial charge in [-0.05, 0) is 30.5 Å². The zero-order valence-corrected chi connectivity index (χ0v) is 13.7. The molecule has 2 N–H and O–H groups in total. The van der Waals surface area contributed by atoms with Gasteiger partial charge in [0, 0.05) is 32.2 Å². The molecule has 1 amide bonds. The maximum Gasteiger partial charge on any atom is 0.227 e. The highest BCUT2D eigenvalue weighted by atomic mass is 35.5. The molecule has 22 heavy (non-hydrogen) atoms. The van der Waals surface area contributed by atoms with Crippen LogP contribution in [0.25, 0.3) is 0 Å². The average Bonchev–Trinajstić information content (AvgIpc) is 2.98. The average molecular weight is 331 g/mol. The van der Waals surface area contributed by atoms with E-state index in [1.54, 1.807) is 11.0 Å². The van der Waals surface area contributed by atoms with Crippen molar-refractivity contribution in [1.82, 2.24) is 4.90 Å². The third kappa shape index (κ3) is 5.23. The SMILES string of the molecule is CC(CN)C(=O)N(Cc1cccc(F)c1)CC1CCCO1.Cl. The van der Waals surface area contributed by atoms with E-state index in [0.717, 1.165) is 25.0 Å². The number of nitrogens with zero attached hydrogens (tertiary/aromatic N) is 1. The Hall–Kier alpha value is -1.17. The van der Waals surface area contributed by atoms with Crippen LogP contribution in [0.15, 0.2) is 24.3 Å². The monoisotopic (exact) mass is 330 g/mol. The molecule has 0 radical (unpaired) electrons. The fourth-order valence-electron chi connectivity index (χ4n) is 2.53. The van der Waals surface area contributed by atoms with E-state index in [9.17, 15) is 9.18 Å². The van der Waals surface area contributed by atoms with E-state index in [0.29, 0.717) is 19.6 Å². The Morgan fingerprint density at radius 1 is 1.55 bits per heavy atom. The number of amides is 1. The van der Waals surface area contributed by atoms with Gasteiger partial charge in [-0.25, -0.2) is 4.39 Å². The molecule has 6 heteroatoms. The summed E-state index contributed by atoms with van der Waals surface area (Å²) in [5.74, 6) is -0.527. The molecule has 2 atom stereocenters. The Morgan fingerprint density at radius 3 is 2.91 bits per heavy atom. The topological polar surface area (TPSA) is 55.6 Å². The van der Waals surface area contributed by atoms with Gasteiger partial charge in [-0.15, -0.1) is 12.4 Å². The van der Waals surface area contributed by atoms with Gasteiger partial charge in [0.25, 0.3) is 0 Å². The highest BCUT2D eigenvalue weighted by Crippen LogP contribution is 2.17. The van der Waals surface area contributed by atoms with Crippen molar-refractivity contribution in [2.45, 2.75) is 32.4 Å². The van der Waals surface area contributed by atoms with E-state index in [-0.39, 0.29) is 36.2 Å². The molecule has 0 spiro atoms. The summed E-state index contributed by atoms with van der Waals surface area (Å²) in [5, 5.41) is 0. The lowest BCUT2D eigenvalue weighted by atomic mass is 10.1. The highest BCUT2D eigenvalue weighted by molar-refractivity contribution is 5.85. The van der Waals surface area contributed by atoms with Gasteiger partial charge in [0.15, 0.2) is 0 Å². The maximum atomic E-state index is 13.3. The number of carbonyl (C=O) groups excluding carboxylic acids is 1. The molecule has 4 nitrogen and oxygen atoms in total. The van der Waals surface area contributed by atoms with Crippen molar-refractivity contribution in [3.63, 3.8) is 0 Å². The van der Waals surface area contributed by atoms with Crippen LogP contribution in [0.4, 0.5) is 4.39 Å². The standard InChI is InChI=1S/C16H23FN2O2.ClH/c1-12(9-18)16(20)19(11-15-6-3-7-21-15)10-13-4-2-5-14(17)8-13;/h2,4-5,8,12,15H,3,6-7,9-11,18H2,1H3;1H. The molecule has 124 valence electrons. The van der Waals surface area contributed by atoms with Gasteiger partial charge in [-0.1, -0.05) is 19.1 Å². The normalized spacial score (nSPS) is 18.6. The molecule has 1 aromatic rings. The van der Waals surface area contributed by atoms with E-state index >= 15 is 0 Å². The number of hydrogen-bond acceptors (Lipinski definition) is 3. The lowest BCUT2D eigenvalue weighted by Crippen LogP contribution is -2.41. The minimum absolute atomic E-state index is 0. The quantitative estimate of drug-likeness (QED) is 0.871. The minimum Gasteiger partial charge on any atom is -0.376 e. The van der Waals surface area contributed by atoms with E-state index in [1.807, 2.05) is 13.0 Å². The fraction of sp³-hybridized carbons (Fsp3) is 0.562. The van der Waals surface area contributed by atoms with Gasteiger partial charge in [-0.3, -0.25) is 4.79 Å². The van der Waals surface area contributed by atoms with Crippen molar-refractivity contribution >= 4 is 18.3 Å². The van der Waals surface area contributed by atoms with Gasteiger partial charge in [0.05, 0.1) is 6.10 Å². The summed E-state index contributed by atoms with van der Waals surface area (Å²) in [6.45, 7) is 3.81. The zero-order valence-electron chi connectivity index (χ0n) is 12.8. The van der Waals surface area contributed by atoms with Crippen LogP contribution in [-0.4, -0.2) is 36.6 Å². The number of nitrogens with two attached hydrogens (primary N) is 1. The first-order valence-corrected chi connectivity index (χ1v) is 7.45. The van der Waals surface area contributed by atoms with Crippen LogP contribution in [-0.2, 0) is 16.1 Å². The predicted octanol–water partition coefficient (Wildman–Crippen LogP) is 2.35. The smallest absolute Gasteiger partial charge is 0.227 e. The zero-order chi connectivity index (χ0) is 15.2. The summed E-state index contributed by atoms with van der Waals surface area (Å²) < 4.78 is 18.9. The Labute approximate surface area is 137 Å². The maximum absolute atomic E-state index is 13.3. The molecular weight excluding hydrogens is 307 g/mol. The molecule has 1 heterocycles. The van der Waals surface area contributed by atoms with Crippen LogP contribution >= 0.6 is 12.4 Å². The van der Waals surface area contributed by atoms with Crippen molar-refractivity contribution in [3.05, 3.63) is 35.6 Å². The predicted molar refractivity (Wildman–Crippen MR) is 86.3 cm³/mol. The van der Waals surface area contributed by atoms with E-state index in [2.05, 4.69) is 0 Å². The first-order valence-electron chi connectivity index (χ1n) is 7.45. The van der Waals surface area contributed by atoms with E-state index in [1.165, 1.54) is 12.1 Å². The van der Waals surface area contributed by atoms with Crippen LogP contribution in [0.5, 0.6) is 0 Å². The molecule has 0 aromatic heterocycles. The summed E-state index contributed by atoms with van der Waals surface area (Å²) in [5.41, 5.74) is 6.38. The number of rotatable bonds is 6. The third-order valence-corrected chi connectivity index (χ3v) is 3.80. The first-order chi connectivity index (χ1) is 10.1. The van der Waals surface area contributed by atoms with Crippen molar-refractivity contribution in [2.24, 2.45) is 11.7 Å². The molecule has 0 saturated carbocycles. The number of carbonyl (C=O) groups is 1. The van der Waals surface area contributed by atoms with E-state index < -0.39 is 0 Å². The third-order valence-electron chi connectivity index (χ3n) is 3.80. The summed E-state index contributed by atoms with van der Waals surface area (Å²) in [6.07, 6.45) is 2.07. The number of hydrogen-bond donors (Lipinski definition) is 1. The van der Waals surface area contributed by atoms with Gasteiger partial charge in [0.2, 0.25) is 5.91 Å². The summed E-state index contributed by atoms with van der Waals surface area (Å²) >= 11 is 0. The number of ether oxygens (including phenoxy) is 1. The second kappa shape index (κ2) is 9.08. The largest absolute Gasteiger partial charge is 0.376 e. The Morgan fingerprint density at radius 2 is 2.32 bits per heavy atom. The van der Waals surface area contributed by atoms with Crippen molar-refractivity contribution in [2.75, 3.05) is 19.7 Å². The first kappa shape index (κ1) is 18.9. The van der Waals surface area contributed by atoms with Crippen LogP contribution in [0.3, 0.4) is 0 Å². The van der Waals surface area contributed by atoms with Crippen LogP contribution in [0, 0.1) is 11.7 Å². The molecular formula is C16H24ClFN2O2. The lowest BCUT2D eigenvalue weighted by molar-refractivity contribution is -0.137. The fourth-order valence-corrected chi connectivity index (χ4v) is 2.53. The molecule has 0 aliphatic carbocycles. The van der Waals surface area contributed by atoms with Crippen molar-refractivity contribution < 1.29 is 13.9 Å². The Bertz CT molecular complexity index is 481. The molecule has 1 saturated heterocycles. The van der Waals surface area contributed by atoms with Crippen LogP contribution in [0.1, 0.15) is 25.3 Å². The summed E-state index contributed by atoms with van der Waals surface area (Å²) in [6, 6.07) is 6.35. The molecule has 1 aromatic carbocycles. The van der Waals surface area contributed by atoms with E-state index in [4.69, 9.17) is 10.5 Å². The molecule has 0 bridgehead atoms.